The average Bonchev–Trinajstić information content (AvgIpc) is 3.38. The van der Waals surface area contributed by atoms with Gasteiger partial charge in [0.15, 0.2) is 5.96 Å². The van der Waals surface area contributed by atoms with Crippen LogP contribution in [-0.4, -0.2) is 86.5 Å². The lowest BCUT2D eigenvalue weighted by molar-refractivity contribution is -0.143. The number of guanidine groups is 1. The highest BCUT2D eigenvalue weighted by Crippen LogP contribution is 2.11. The van der Waals surface area contributed by atoms with Crippen molar-refractivity contribution in [2.24, 2.45) is 28.1 Å². The van der Waals surface area contributed by atoms with Crippen molar-refractivity contribution < 1.29 is 34.2 Å². The summed E-state index contributed by atoms with van der Waals surface area (Å²) in [6, 6.07) is -4.74. The molecule has 12 N–H and O–H groups in total. The molecule has 0 radical (unpaired) electrons. The predicted molar refractivity (Wildman–Crippen MR) is 140 cm³/mol. The topological polar surface area (TPSA) is 281 Å². The third-order valence-corrected chi connectivity index (χ3v) is 5.96. The second-order valence-electron chi connectivity index (χ2n) is 9.10. The summed E-state index contributed by atoms with van der Waals surface area (Å²) < 4.78 is 0. The quantitative estimate of drug-likeness (QED) is 0.0533. The van der Waals surface area contributed by atoms with Crippen molar-refractivity contribution >= 4 is 35.6 Å². The molecule has 39 heavy (non-hydrogen) atoms. The van der Waals surface area contributed by atoms with Gasteiger partial charge in [-0.1, -0.05) is 20.3 Å². The molecule has 5 unspecified atom stereocenters. The molecule has 0 saturated carbocycles. The van der Waals surface area contributed by atoms with E-state index in [1.54, 1.807) is 6.92 Å². The van der Waals surface area contributed by atoms with Crippen LogP contribution in [0.4, 0.5) is 0 Å². The SMILES string of the molecule is CCC(C)C(NC(=O)C(N)Cc1cnc[nH]1)C(=O)NC(CCCN=C(N)N)C(=O)NC(CCC(=O)O)C(=O)O. The molecule has 1 aromatic heterocycles. The summed E-state index contributed by atoms with van der Waals surface area (Å²) in [5, 5.41) is 25.8. The van der Waals surface area contributed by atoms with Gasteiger partial charge in [0.2, 0.25) is 17.7 Å². The fourth-order valence-corrected chi connectivity index (χ4v) is 3.52. The van der Waals surface area contributed by atoms with Gasteiger partial charge in [-0.3, -0.25) is 24.2 Å². The van der Waals surface area contributed by atoms with E-state index in [1.165, 1.54) is 12.5 Å². The van der Waals surface area contributed by atoms with Gasteiger partial charge >= 0.3 is 11.9 Å². The third kappa shape index (κ3) is 12.3. The monoisotopic (exact) mass is 553 g/mol. The van der Waals surface area contributed by atoms with Crippen LogP contribution in [0.1, 0.15) is 51.6 Å². The van der Waals surface area contributed by atoms with E-state index in [2.05, 4.69) is 30.9 Å². The van der Waals surface area contributed by atoms with Crippen molar-refractivity contribution in [2.75, 3.05) is 6.54 Å². The van der Waals surface area contributed by atoms with Crippen LogP contribution in [0.25, 0.3) is 0 Å². The molecule has 0 spiro atoms. The lowest BCUT2D eigenvalue weighted by Gasteiger charge is -2.28. The number of hydrogen-bond donors (Lipinski definition) is 9. The maximum atomic E-state index is 13.3. The van der Waals surface area contributed by atoms with Crippen molar-refractivity contribution in [3.8, 4) is 0 Å². The standard InChI is InChI=1S/C23H39N9O7/c1-3-12(2)18(32-19(35)14(24)9-13-10-27-11-29-13)21(37)30-15(5-4-8-28-23(25)26)20(36)31-16(22(38)39)6-7-17(33)34/h10-12,14-16,18H,3-9,24H2,1-2H3,(H,27,29)(H,30,37)(H,31,36)(H,32,35)(H,33,34)(H,38,39)(H4,25,26,28). The van der Waals surface area contributed by atoms with Gasteiger partial charge in [-0.15, -0.1) is 0 Å². The molecular formula is C23H39N9O7. The molecule has 16 nitrogen and oxygen atoms in total. The fraction of sp³-hybridized carbons (Fsp3) is 0.609. The molecule has 0 aliphatic rings. The highest BCUT2D eigenvalue weighted by molar-refractivity contribution is 5.94. The Kier molecular flexibility index (Phi) is 14.0. The van der Waals surface area contributed by atoms with Crippen molar-refractivity contribution in [2.45, 2.75) is 76.5 Å². The summed E-state index contributed by atoms with van der Waals surface area (Å²) in [7, 11) is 0. The maximum absolute atomic E-state index is 13.3. The zero-order valence-corrected chi connectivity index (χ0v) is 22.1. The van der Waals surface area contributed by atoms with Crippen molar-refractivity contribution in [3.63, 3.8) is 0 Å². The fourth-order valence-electron chi connectivity index (χ4n) is 3.52. The Labute approximate surface area is 225 Å². The van der Waals surface area contributed by atoms with E-state index >= 15 is 0 Å². The van der Waals surface area contributed by atoms with Crippen LogP contribution in [0, 0.1) is 5.92 Å². The van der Waals surface area contributed by atoms with E-state index in [4.69, 9.17) is 22.3 Å². The largest absolute Gasteiger partial charge is 0.481 e. The van der Waals surface area contributed by atoms with Gasteiger partial charge in [0, 0.05) is 31.3 Å². The van der Waals surface area contributed by atoms with Crippen LogP contribution in [0.2, 0.25) is 0 Å². The number of hydrogen-bond acceptors (Lipinski definition) is 8. The number of aromatic amines is 1. The number of H-pyrrole nitrogens is 1. The van der Waals surface area contributed by atoms with Crippen LogP contribution in [0.5, 0.6) is 0 Å². The summed E-state index contributed by atoms with van der Waals surface area (Å²) in [6.07, 6.45) is 3.07. The van der Waals surface area contributed by atoms with Gasteiger partial charge < -0.3 is 48.3 Å². The summed E-state index contributed by atoms with van der Waals surface area (Å²) in [5.74, 6) is -5.26. The number of nitrogens with zero attached hydrogens (tertiary/aromatic N) is 2. The molecule has 0 aromatic carbocycles. The molecule has 16 heteroatoms. The summed E-state index contributed by atoms with van der Waals surface area (Å²) in [5.41, 5.74) is 17.3. The molecule has 3 amide bonds. The third-order valence-electron chi connectivity index (χ3n) is 5.96. The van der Waals surface area contributed by atoms with Crippen LogP contribution in [-0.2, 0) is 30.4 Å². The van der Waals surface area contributed by atoms with E-state index in [1.807, 2.05) is 6.92 Å². The number of imidazole rings is 1. The number of carbonyl (C=O) groups excluding carboxylic acids is 3. The number of aromatic nitrogens is 2. The number of nitrogens with two attached hydrogens (primary N) is 3. The second-order valence-corrected chi connectivity index (χ2v) is 9.10. The molecule has 1 heterocycles. The van der Waals surface area contributed by atoms with Crippen molar-refractivity contribution in [3.05, 3.63) is 18.2 Å². The molecule has 218 valence electrons. The van der Waals surface area contributed by atoms with Crippen LogP contribution < -0.4 is 33.2 Å². The highest BCUT2D eigenvalue weighted by atomic mass is 16.4. The lowest BCUT2D eigenvalue weighted by atomic mass is 9.96. The summed E-state index contributed by atoms with van der Waals surface area (Å²) in [6.45, 7) is 3.70. The number of aliphatic imine (C=N–C) groups is 1. The zero-order chi connectivity index (χ0) is 29.5. The molecule has 0 aliphatic carbocycles. The Morgan fingerprint density at radius 2 is 1.69 bits per heavy atom. The molecule has 5 atom stereocenters. The molecule has 1 rings (SSSR count). The van der Waals surface area contributed by atoms with Crippen LogP contribution in [0.15, 0.2) is 17.5 Å². The number of carboxylic acids is 2. The van der Waals surface area contributed by atoms with E-state index in [9.17, 15) is 29.1 Å². The molecule has 0 fully saturated rings. The first-order valence-electron chi connectivity index (χ1n) is 12.5. The molecule has 0 aliphatic heterocycles. The maximum Gasteiger partial charge on any atom is 0.326 e. The number of carbonyl (C=O) groups is 5. The van der Waals surface area contributed by atoms with Crippen LogP contribution in [0.3, 0.4) is 0 Å². The Morgan fingerprint density at radius 1 is 1.03 bits per heavy atom. The normalized spacial score (nSPS) is 14.6. The minimum Gasteiger partial charge on any atom is -0.481 e. The molecular weight excluding hydrogens is 514 g/mol. The number of aliphatic carboxylic acids is 2. The molecule has 1 aromatic rings. The van der Waals surface area contributed by atoms with Crippen molar-refractivity contribution in [1.29, 1.82) is 0 Å². The Hall–Kier alpha value is -4.21. The number of nitrogens with one attached hydrogen (secondary N) is 4. The average molecular weight is 554 g/mol. The van der Waals surface area contributed by atoms with E-state index in [0.717, 1.165) is 0 Å². The molecule has 0 bridgehead atoms. The van der Waals surface area contributed by atoms with E-state index in [-0.39, 0.29) is 44.1 Å². The molecule has 0 saturated heterocycles. The Balaban J connectivity index is 3.03. The lowest BCUT2D eigenvalue weighted by Crippen LogP contribution is -2.58. The minimum absolute atomic E-state index is 0.0279. The number of amides is 3. The van der Waals surface area contributed by atoms with Gasteiger partial charge in [0.05, 0.1) is 12.4 Å². The summed E-state index contributed by atoms with van der Waals surface area (Å²) >= 11 is 0. The Morgan fingerprint density at radius 3 is 2.23 bits per heavy atom. The predicted octanol–water partition coefficient (Wildman–Crippen LogP) is -2.22. The highest BCUT2D eigenvalue weighted by Gasteiger charge is 2.32. The van der Waals surface area contributed by atoms with E-state index < -0.39 is 60.2 Å². The van der Waals surface area contributed by atoms with Gasteiger partial charge in [-0.25, -0.2) is 9.78 Å². The van der Waals surface area contributed by atoms with Gasteiger partial charge in [-0.05, 0) is 25.2 Å². The van der Waals surface area contributed by atoms with Crippen molar-refractivity contribution in [1.82, 2.24) is 25.9 Å². The van der Waals surface area contributed by atoms with Gasteiger partial charge in [0.25, 0.3) is 0 Å². The number of carboxylic acid groups (broad SMARTS) is 2. The van der Waals surface area contributed by atoms with Gasteiger partial charge in [-0.2, -0.15) is 0 Å². The second kappa shape index (κ2) is 16.6. The smallest absolute Gasteiger partial charge is 0.326 e. The zero-order valence-electron chi connectivity index (χ0n) is 22.1. The van der Waals surface area contributed by atoms with Crippen LogP contribution >= 0.6 is 0 Å². The first-order valence-corrected chi connectivity index (χ1v) is 12.5. The Bertz CT molecular complexity index is 996. The number of rotatable bonds is 18. The van der Waals surface area contributed by atoms with E-state index in [0.29, 0.717) is 12.1 Å². The minimum atomic E-state index is -1.49. The first kappa shape index (κ1) is 32.8. The van der Waals surface area contributed by atoms with Gasteiger partial charge in [0.1, 0.15) is 18.1 Å². The summed E-state index contributed by atoms with van der Waals surface area (Å²) in [4.78, 5) is 72.0. The first-order chi connectivity index (χ1) is 18.3.